The molecule has 2 aromatic heterocycles. The maximum Gasteiger partial charge on any atom is 0.234 e. The zero-order valence-corrected chi connectivity index (χ0v) is 18.0. The minimum Gasteiger partial charge on any atom is -0.325 e. The lowest BCUT2D eigenvalue weighted by Gasteiger charge is -2.13. The Labute approximate surface area is 179 Å². The fraction of sp³-hybridized carbons (Fsp3) is 0.174. The molecule has 2 aromatic carbocycles. The van der Waals surface area contributed by atoms with Crippen molar-refractivity contribution in [3.05, 3.63) is 83.7 Å². The zero-order valence-electron chi connectivity index (χ0n) is 17.2. The van der Waals surface area contributed by atoms with E-state index in [-0.39, 0.29) is 11.7 Å². The summed E-state index contributed by atoms with van der Waals surface area (Å²) in [6.07, 6.45) is 3.86. The number of rotatable bonds is 6. The number of carbonyl (C=O) groups is 1. The molecule has 1 amide bonds. The number of benzene rings is 2. The molecule has 152 valence electrons. The van der Waals surface area contributed by atoms with Crippen LogP contribution in [0.2, 0.25) is 0 Å². The first kappa shape index (κ1) is 20.0. The SMILES string of the molecule is Cc1ccc(-c2nnc(SCC(=O)Nc3c(C)cccc3C)n2-n2cccc2)cc1. The molecular formula is C23H23N5OS. The molecule has 4 aromatic rings. The second kappa shape index (κ2) is 8.59. The average Bonchev–Trinajstić information content (AvgIpc) is 3.39. The molecule has 6 nitrogen and oxygen atoms in total. The molecule has 0 aliphatic heterocycles. The number of nitrogens with one attached hydrogen (secondary N) is 1. The predicted octanol–water partition coefficient (Wildman–Crippen LogP) is 4.71. The number of hydrogen-bond donors (Lipinski definition) is 1. The van der Waals surface area contributed by atoms with Crippen molar-refractivity contribution in [2.24, 2.45) is 0 Å². The van der Waals surface area contributed by atoms with E-state index >= 15 is 0 Å². The highest BCUT2D eigenvalue weighted by Crippen LogP contribution is 2.25. The number of anilines is 1. The molecule has 0 aliphatic rings. The van der Waals surface area contributed by atoms with Crippen molar-refractivity contribution in [3.8, 4) is 11.4 Å². The number of para-hydroxylation sites is 1. The van der Waals surface area contributed by atoms with Crippen LogP contribution < -0.4 is 5.32 Å². The average molecular weight is 418 g/mol. The van der Waals surface area contributed by atoms with Gasteiger partial charge in [-0.1, -0.05) is 59.8 Å². The minimum atomic E-state index is -0.0728. The van der Waals surface area contributed by atoms with E-state index in [2.05, 4.69) is 34.6 Å². The van der Waals surface area contributed by atoms with Crippen LogP contribution in [0.25, 0.3) is 11.4 Å². The first-order valence-electron chi connectivity index (χ1n) is 9.68. The quantitative estimate of drug-likeness (QED) is 0.461. The predicted molar refractivity (Wildman–Crippen MR) is 121 cm³/mol. The van der Waals surface area contributed by atoms with Gasteiger partial charge >= 0.3 is 0 Å². The van der Waals surface area contributed by atoms with E-state index in [1.807, 2.05) is 78.1 Å². The van der Waals surface area contributed by atoms with Crippen molar-refractivity contribution in [1.29, 1.82) is 0 Å². The van der Waals surface area contributed by atoms with Crippen molar-refractivity contribution < 1.29 is 4.79 Å². The van der Waals surface area contributed by atoms with Crippen LogP contribution in [0, 0.1) is 20.8 Å². The number of aryl methyl sites for hydroxylation is 3. The first-order valence-corrected chi connectivity index (χ1v) is 10.7. The lowest BCUT2D eigenvalue weighted by Crippen LogP contribution is -2.17. The first-order chi connectivity index (χ1) is 14.5. The summed E-state index contributed by atoms with van der Waals surface area (Å²) in [6, 6.07) is 18.0. The molecule has 0 bridgehead atoms. The Hall–Kier alpha value is -3.32. The highest BCUT2D eigenvalue weighted by Gasteiger charge is 2.17. The summed E-state index contributed by atoms with van der Waals surface area (Å²) < 4.78 is 3.84. The van der Waals surface area contributed by atoms with Crippen molar-refractivity contribution in [1.82, 2.24) is 19.5 Å². The van der Waals surface area contributed by atoms with Crippen LogP contribution in [0.4, 0.5) is 5.69 Å². The van der Waals surface area contributed by atoms with Gasteiger partial charge in [0.25, 0.3) is 0 Å². The van der Waals surface area contributed by atoms with Crippen LogP contribution in [-0.4, -0.2) is 31.2 Å². The molecular weight excluding hydrogens is 394 g/mol. The molecule has 0 saturated heterocycles. The maximum atomic E-state index is 12.6. The molecule has 2 heterocycles. The molecule has 0 spiro atoms. The number of carbonyl (C=O) groups excluding carboxylic acids is 1. The van der Waals surface area contributed by atoms with Crippen LogP contribution in [0.3, 0.4) is 0 Å². The molecule has 0 radical (unpaired) electrons. The Morgan fingerprint density at radius 3 is 2.27 bits per heavy atom. The second-order valence-corrected chi connectivity index (χ2v) is 8.09. The van der Waals surface area contributed by atoms with Gasteiger partial charge in [0.1, 0.15) is 0 Å². The van der Waals surface area contributed by atoms with Crippen molar-refractivity contribution in [2.75, 3.05) is 11.1 Å². The summed E-state index contributed by atoms with van der Waals surface area (Å²) in [6.45, 7) is 6.04. The monoisotopic (exact) mass is 417 g/mol. The lowest BCUT2D eigenvalue weighted by molar-refractivity contribution is -0.113. The van der Waals surface area contributed by atoms with Gasteiger partial charge in [0.15, 0.2) is 5.82 Å². The van der Waals surface area contributed by atoms with E-state index in [4.69, 9.17) is 0 Å². The molecule has 1 N–H and O–H groups in total. The smallest absolute Gasteiger partial charge is 0.234 e. The Bertz CT molecular complexity index is 1140. The number of nitrogens with zero attached hydrogens (tertiary/aromatic N) is 4. The van der Waals surface area contributed by atoms with Gasteiger partial charge in [-0.2, -0.15) is 0 Å². The second-order valence-electron chi connectivity index (χ2n) is 7.15. The molecule has 7 heteroatoms. The van der Waals surface area contributed by atoms with Gasteiger partial charge in [-0.05, 0) is 44.0 Å². The summed E-state index contributed by atoms with van der Waals surface area (Å²) in [5, 5.41) is 12.4. The molecule has 0 aliphatic carbocycles. The zero-order chi connectivity index (χ0) is 21.1. The van der Waals surface area contributed by atoms with Crippen LogP contribution in [0.15, 0.2) is 72.1 Å². The van der Waals surface area contributed by atoms with Gasteiger partial charge in [-0.3, -0.25) is 9.47 Å². The Kier molecular flexibility index (Phi) is 5.72. The van der Waals surface area contributed by atoms with E-state index in [1.54, 1.807) is 0 Å². The Morgan fingerprint density at radius 2 is 1.60 bits per heavy atom. The molecule has 0 unspecified atom stereocenters. The Balaban J connectivity index is 1.57. The van der Waals surface area contributed by atoms with Crippen molar-refractivity contribution >= 4 is 23.4 Å². The van der Waals surface area contributed by atoms with Crippen LogP contribution in [0.5, 0.6) is 0 Å². The Morgan fingerprint density at radius 1 is 0.933 bits per heavy atom. The normalized spacial score (nSPS) is 10.9. The molecule has 0 fully saturated rings. The van der Waals surface area contributed by atoms with Crippen LogP contribution in [0.1, 0.15) is 16.7 Å². The van der Waals surface area contributed by atoms with Crippen molar-refractivity contribution in [2.45, 2.75) is 25.9 Å². The van der Waals surface area contributed by atoms with Gasteiger partial charge in [0.05, 0.1) is 5.75 Å². The fourth-order valence-corrected chi connectivity index (χ4v) is 3.96. The van der Waals surface area contributed by atoms with E-state index in [0.29, 0.717) is 5.16 Å². The van der Waals surface area contributed by atoms with Crippen LogP contribution in [-0.2, 0) is 4.79 Å². The third kappa shape index (κ3) is 4.16. The number of aromatic nitrogens is 4. The lowest BCUT2D eigenvalue weighted by atomic mass is 10.1. The molecule has 0 atom stereocenters. The number of hydrogen-bond acceptors (Lipinski definition) is 4. The highest BCUT2D eigenvalue weighted by atomic mass is 32.2. The van der Waals surface area contributed by atoms with E-state index in [0.717, 1.165) is 28.2 Å². The largest absolute Gasteiger partial charge is 0.325 e. The molecule has 4 rings (SSSR count). The number of thioether (sulfide) groups is 1. The van der Waals surface area contributed by atoms with Gasteiger partial charge in [0.2, 0.25) is 11.1 Å². The summed E-state index contributed by atoms with van der Waals surface area (Å²) in [7, 11) is 0. The van der Waals surface area contributed by atoms with Gasteiger partial charge in [-0.25, -0.2) is 4.68 Å². The van der Waals surface area contributed by atoms with Crippen molar-refractivity contribution in [3.63, 3.8) is 0 Å². The van der Waals surface area contributed by atoms with E-state index in [1.165, 1.54) is 17.3 Å². The fourth-order valence-electron chi connectivity index (χ4n) is 3.22. The van der Waals surface area contributed by atoms with E-state index in [9.17, 15) is 4.79 Å². The standard InChI is InChI=1S/C23H23N5OS/c1-16-9-11-19(12-10-16)22-25-26-23(28(22)27-13-4-5-14-27)30-15-20(29)24-21-17(2)7-6-8-18(21)3/h4-14H,15H2,1-3H3,(H,24,29). The summed E-state index contributed by atoms with van der Waals surface area (Å²) in [4.78, 5) is 12.6. The third-order valence-electron chi connectivity index (χ3n) is 4.82. The molecule has 0 saturated carbocycles. The number of amides is 1. The maximum absolute atomic E-state index is 12.6. The summed E-state index contributed by atoms with van der Waals surface area (Å²) >= 11 is 1.36. The van der Waals surface area contributed by atoms with E-state index < -0.39 is 0 Å². The summed E-state index contributed by atoms with van der Waals surface area (Å²) in [5.74, 6) is 0.890. The third-order valence-corrected chi connectivity index (χ3v) is 5.74. The summed E-state index contributed by atoms with van der Waals surface area (Å²) in [5.41, 5.74) is 5.11. The topological polar surface area (TPSA) is 64.7 Å². The van der Waals surface area contributed by atoms with Gasteiger partial charge < -0.3 is 5.32 Å². The van der Waals surface area contributed by atoms with Gasteiger partial charge in [-0.15, -0.1) is 10.2 Å². The minimum absolute atomic E-state index is 0.0728. The van der Waals surface area contributed by atoms with Crippen LogP contribution >= 0.6 is 11.8 Å². The molecule has 30 heavy (non-hydrogen) atoms. The van der Waals surface area contributed by atoms with Gasteiger partial charge in [0, 0.05) is 23.6 Å². The highest BCUT2D eigenvalue weighted by molar-refractivity contribution is 7.99.